The smallest absolute Gasteiger partial charge is 0.251 e. The molecule has 0 fully saturated rings. The predicted molar refractivity (Wildman–Crippen MR) is 135 cm³/mol. The molecule has 2 rings (SSSR count). The first-order chi connectivity index (χ1) is 14.1. The number of hydrogen-bond donors (Lipinski definition) is 3. The molecule has 0 spiro atoms. The topological polar surface area (TPSA) is 65.5 Å². The zero-order chi connectivity index (χ0) is 21.1. The van der Waals surface area contributed by atoms with E-state index in [2.05, 4.69) is 20.9 Å². The van der Waals surface area contributed by atoms with Gasteiger partial charge in [0.2, 0.25) is 0 Å². The maximum Gasteiger partial charge on any atom is 0.251 e. The van der Waals surface area contributed by atoms with E-state index in [4.69, 9.17) is 0 Å². The lowest BCUT2D eigenvalue weighted by atomic mass is 10.1. The third-order valence-corrected chi connectivity index (χ3v) is 4.94. The van der Waals surface area contributed by atoms with E-state index in [9.17, 15) is 9.18 Å². The summed E-state index contributed by atoms with van der Waals surface area (Å²) >= 11 is 1.66. The van der Waals surface area contributed by atoms with Crippen LogP contribution in [0, 0.1) is 5.82 Å². The number of rotatable bonds is 9. The Bertz CT molecular complexity index is 848. The fourth-order valence-electron chi connectivity index (χ4n) is 2.88. The van der Waals surface area contributed by atoms with Gasteiger partial charge >= 0.3 is 0 Å². The molecule has 0 aliphatic rings. The van der Waals surface area contributed by atoms with Gasteiger partial charge in [-0.2, -0.15) is 11.8 Å². The summed E-state index contributed by atoms with van der Waals surface area (Å²) in [6.07, 6.45) is 2.77. The molecule has 3 N–H and O–H groups in total. The van der Waals surface area contributed by atoms with Crippen LogP contribution in [0.5, 0.6) is 0 Å². The second kappa shape index (κ2) is 14.2. The highest BCUT2D eigenvalue weighted by molar-refractivity contribution is 14.0. The minimum atomic E-state index is -0.217. The lowest BCUT2D eigenvalue weighted by Crippen LogP contribution is -2.38. The van der Waals surface area contributed by atoms with Crippen molar-refractivity contribution in [1.82, 2.24) is 16.0 Å². The highest BCUT2D eigenvalue weighted by Crippen LogP contribution is 2.17. The van der Waals surface area contributed by atoms with Gasteiger partial charge in [-0.25, -0.2) is 9.38 Å². The summed E-state index contributed by atoms with van der Waals surface area (Å²) in [6.45, 7) is 3.93. The first kappa shape index (κ1) is 26.2. The number of carbonyl (C=O) groups excluding carboxylic acids is 1. The second-order valence-electron chi connectivity index (χ2n) is 6.50. The summed E-state index contributed by atoms with van der Waals surface area (Å²) in [5.41, 5.74) is 3.73. The highest BCUT2D eigenvalue weighted by atomic mass is 127. The molecule has 2 aromatic carbocycles. The third-order valence-electron chi connectivity index (χ3n) is 4.34. The Morgan fingerprint density at radius 1 is 1.13 bits per heavy atom. The van der Waals surface area contributed by atoms with E-state index in [0.29, 0.717) is 18.7 Å². The van der Waals surface area contributed by atoms with Crippen molar-refractivity contribution in [2.24, 2.45) is 4.99 Å². The zero-order valence-electron chi connectivity index (χ0n) is 17.6. The van der Waals surface area contributed by atoms with Crippen molar-refractivity contribution in [3.8, 4) is 0 Å². The van der Waals surface area contributed by atoms with Crippen molar-refractivity contribution in [3.05, 3.63) is 70.5 Å². The second-order valence-corrected chi connectivity index (χ2v) is 7.36. The molecule has 0 unspecified atom stereocenters. The van der Waals surface area contributed by atoms with Gasteiger partial charge in [-0.3, -0.25) is 4.79 Å². The minimum absolute atomic E-state index is 0. The number of guanidine groups is 1. The number of aliphatic imine (C=N–C) groups is 1. The van der Waals surface area contributed by atoms with Gasteiger partial charge in [0, 0.05) is 31.5 Å². The molecule has 1 amide bonds. The Labute approximate surface area is 199 Å². The standard InChI is InChI=1S/C22H29FN4OS.HI/c1-4-25-22(27-14-18-8-9-20(23)13-19(18)15-29-3)26-11-10-16-6-5-7-17(12-16)21(28)24-2;/h5-9,12-13H,4,10-11,14-15H2,1-3H3,(H,24,28)(H2,25,26,27);1H. The normalized spacial score (nSPS) is 10.9. The maximum absolute atomic E-state index is 13.5. The molecule has 164 valence electrons. The first-order valence-corrected chi connectivity index (χ1v) is 11.1. The van der Waals surface area contributed by atoms with Crippen molar-refractivity contribution in [2.75, 3.05) is 26.4 Å². The fourth-order valence-corrected chi connectivity index (χ4v) is 3.46. The Hall–Kier alpha value is -1.81. The van der Waals surface area contributed by atoms with E-state index >= 15 is 0 Å². The molecular weight excluding hydrogens is 514 g/mol. The lowest BCUT2D eigenvalue weighted by Gasteiger charge is -2.13. The summed E-state index contributed by atoms with van der Waals surface area (Å²) in [7, 11) is 1.63. The predicted octanol–water partition coefficient (Wildman–Crippen LogP) is 3.96. The van der Waals surface area contributed by atoms with Crippen LogP contribution >= 0.6 is 35.7 Å². The van der Waals surface area contributed by atoms with Gasteiger partial charge in [-0.05, 0) is 60.6 Å². The largest absolute Gasteiger partial charge is 0.357 e. The molecule has 0 aliphatic heterocycles. The van der Waals surface area contributed by atoms with E-state index in [1.54, 1.807) is 37.0 Å². The van der Waals surface area contributed by atoms with Crippen molar-refractivity contribution in [1.29, 1.82) is 0 Å². The van der Waals surface area contributed by atoms with E-state index in [0.717, 1.165) is 41.4 Å². The average molecular weight is 544 g/mol. The van der Waals surface area contributed by atoms with Crippen molar-refractivity contribution in [3.63, 3.8) is 0 Å². The van der Waals surface area contributed by atoms with Crippen LogP contribution in [0.3, 0.4) is 0 Å². The number of halogens is 2. The molecule has 0 saturated heterocycles. The van der Waals surface area contributed by atoms with E-state index in [1.165, 1.54) is 6.07 Å². The monoisotopic (exact) mass is 544 g/mol. The molecule has 0 bridgehead atoms. The number of thioether (sulfide) groups is 1. The summed E-state index contributed by atoms with van der Waals surface area (Å²) in [5.74, 6) is 1.17. The molecule has 0 aliphatic carbocycles. The molecule has 30 heavy (non-hydrogen) atoms. The van der Waals surface area contributed by atoms with Crippen LogP contribution < -0.4 is 16.0 Å². The highest BCUT2D eigenvalue weighted by Gasteiger charge is 2.06. The Kier molecular flexibility index (Phi) is 12.4. The van der Waals surface area contributed by atoms with Crippen LogP contribution in [-0.4, -0.2) is 38.3 Å². The number of hydrogen-bond acceptors (Lipinski definition) is 3. The zero-order valence-corrected chi connectivity index (χ0v) is 20.8. The van der Waals surface area contributed by atoms with Gasteiger partial charge in [0.1, 0.15) is 5.82 Å². The number of benzene rings is 2. The summed E-state index contributed by atoms with van der Waals surface area (Å²) in [6, 6.07) is 12.5. The summed E-state index contributed by atoms with van der Waals surface area (Å²) in [4.78, 5) is 16.4. The minimum Gasteiger partial charge on any atom is -0.357 e. The van der Waals surface area contributed by atoms with Crippen molar-refractivity contribution in [2.45, 2.75) is 25.6 Å². The average Bonchev–Trinajstić information content (AvgIpc) is 2.73. The van der Waals surface area contributed by atoms with Gasteiger partial charge in [0.05, 0.1) is 6.54 Å². The van der Waals surface area contributed by atoms with E-state index < -0.39 is 0 Å². The maximum atomic E-state index is 13.5. The van der Waals surface area contributed by atoms with Crippen molar-refractivity contribution >= 4 is 47.6 Å². The van der Waals surface area contributed by atoms with Crippen LogP contribution in [0.4, 0.5) is 4.39 Å². The Morgan fingerprint density at radius 3 is 2.63 bits per heavy atom. The summed E-state index contributed by atoms with van der Waals surface area (Å²) in [5, 5.41) is 9.20. The molecule has 0 saturated carbocycles. The Balaban J connectivity index is 0.00000450. The van der Waals surface area contributed by atoms with Crippen LogP contribution in [0.2, 0.25) is 0 Å². The van der Waals surface area contributed by atoms with Gasteiger partial charge in [0.25, 0.3) is 5.91 Å². The number of nitrogens with one attached hydrogen (secondary N) is 3. The van der Waals surface area contributed by atoms with Crippen molar-refractivity contribution < 1.29 is 9.18 Å². The SMILES string of the molecule is CCNC(=NCc1ccc(F)cc1CSC)NCCc1cccc(C(=O)NC)c1.I. The fraction of sp³-hybridized carbons (Fsp3) is 0.364. The summed E-state index contributed by atoms with van der Waals surface area (Å²) < 4.78 is 13.5. The number of nitrogens with zero attached hydrogens (tertiary/aromatic N) is 1. The molecule has 8 heteroatoms. The molecule has 0 aromatic heterocycles. The number of amides is 1. The van der Waals surface area contributed by atoms with Gasteiger partial charge in [-0.1, -0.05) is 18.2 Å². The van der Waals surface area contributed by atoms with Crippen LogP contribution in [-0.2, 0) is 18.7 Å². The van der Waals surface area contributed by atoms with Crippen LogP contribution in [0.25, 0.3) is 0 Å². The first-order valence-electron chi connectivity index (χ1n) is 9.66. The van der Waals surface area contributed by atoms with Gasteiger partial charge < -0.3 is 16.0 Å². The van der Waals surface area contributed by atoms with Gasteiger partial charge in [-0.15, -0.1) is 24.0 Å². The lowest BCUT2D eigenvalue weighted by molar-refractivity contribution is 0.0963. The molecule has 5 nitrogen and oxygen atoms in total. The Morgan fingerprint density at radius 2 is 1.93 bits per heavy atom. The molecule has 0 radical (unpaired) electrons. The number of carbonyl (C=O) groups is 1. The van der Waals surface area contributed by atoms with Crippen LogP contribution in [0.1, 0.15) is 34.0 Å². The van der Waals surface area contributed by atoms with E-state index in [-0.39, 0.29) is 35.7 Å². The molecular formula is C22H30FIN4OS. The van der Waals surface area contributed by atoms with E-state index in [1.807, 2.05) is 31.4 Å². The molecule has 0 heterocycles. The quantitative estimate of drug-likeness (QED) is 0.254. The van der Waals surface area contributed by atoms with Crippen LogP contribution in [0.15, 0.2) is 47.5 Å². The molecule has 2 aromatic rings. The third kappa shape index (κ3) is 8.51. The van der Waals surface area contributed by atoms with Gasteiger partial charge in [0.15, 0.2) is 5.96 Å². The molecule has 0 atom stereocenters.